The molecule has 1 heterocycles. The lowest BCUT2D eigenvalue weighted by atomic mass is 10.0. The molecule has 1 atom stereocenters. The number of hydrogen-bond acceptors (Lipinski definition) is 2. The fraction of sp³-hybridized carbons (Fsp3) is 0.333. The summed E-state index contributed by atoms with van der Waals surface area (Å²) in [6.45, 7) is 2.90. The van der Waals surface area contributed by atoms with E-state index in [1.54, 1.807) is 0 Å². The molecule has 0 unspecified atom stereocenters. The summed E-state index contributed by atoms with van der Waals surface area (Å²) in [5.74, 6) is 1.37. The Bertz CT molecular complexity index is 579. The maximum absolute atomic E-state index is 6.36. The summed E-state index contributed by atoms with van der Waals surface area (Å²) in [6.07, 6.45) is 2.46. The Balaban J connectivity index is 1.67. The van der Waals surface area contributed by atoms with Gasteiger partial charge in [-0.25, -0.2) is 0 Å². The fourth-order valence-corrected chi connectivity index (χ4v) is 2.94. The van der Waals surface area contributed by atoms with Crippen LogP contribution in [0.5, 0.6) is 5.75 Å². The maximum atomic E-state index is 6.36. The van der Waals surface area contributed by atoms with E-state index in [2.05, 4.69) is 23.5 Å². The zero-order valence-corrected chi connectivity index (χ0v) is 12.8. The monoisotopic (exact) mass is 301 g/mol. The number of benzene rings is 2. The minimum atomic E-state index is 0.587. The molecule has 21 heavy (non-hydrogen) atoms. The number of ether oxygens (including phenoxy) is 1. The molecule has 2 aromatic rings. The van der Waals surface area contributed by atoms with Crippen LogP contribution in [0.2, 0.25) is 5.02 Å². The van der Waals surface area contributed by atoms with Crippen molar-refractivity contribution >= 4 is 11.6 Å². The van der Waals surface area contributed by atoms with E-state index in [0.29, 0.717) is 10.9 Å². The Morgan fingerprint density at radius 2 is 1.95 bits per heavy atom. The third-order valence-electron chi connectivity index (χ3n) is 3.91. The van der Waals surface area contributed by atoms with E-state index in [1.165, 1.54) is 18.4 Å². The molecule has 0 aliphatic carbocycles. The minimum Gasteiger partial charge on any atom is -0.492 e. The molecular weight excluding hydrogens is 282 g/mol. The lowest BCUT2D eigenvalue weighted by Crippen LogP contribution is -2.33. The molecule has 2 nitrogen and oxygen atoms in total. The van der Waals surface area contributed by atoms with Crippen LogP contribution in [0.4, 0.5) is 0 Å². The van der Waals surface area contributed by atoms with Crippen LogP contribution in [-0.2, 0) is 0 Å². The highest BCUT2D eigenvalue weighted by molar-refractivity contribution is 6.32. The SMILES string of the molecule is Clc1cc(-c2ccccc2)ccc1OC[C@H]1CCCNC1. The quantitative estimate of drug-likeness (QED) is 0.904. The molecule has 0 aromatic heterocycles. The second kappa shape index (κ2) is 6.97. The van der Waals surface area contributed by atoms with Gasteiger partial charge in [-0.05, 0) is 42.6 Å². The van der Waals surface area contributed by atoms with Crippen molar-refractivity contribution in [3.63, 3.8) is 0 Å². The third-order valence-corrected chi connectivity index (χ3v) is 4.21. The summed E-state index contributed by atoms with van der Waals surface area (Å²) in [5, 5.41) is 4.08. The van der Waals surface area contributed by atoms with Gasteiger partial charge in [0.1, 0.15) is 5.75 Å². The molecule has 3 heteroatoms. The molecule has 0 bridgehead atoms. The summed E-state index contributed by atoms with van der Waals surface area (Å²) < 4.78 is 5.90. The second-order valence-corrected chi connectivity index (χ2v) is 5.94. The first-order chi connectivity index (χ1) is 10.3. The van der Waals surface area contributed by atoms with Crippen LogP contribution in [0.15, 0.2) is 48.5 Å². The van der Waals surface area contributed by atoms with Crippen molar-refractivity contribution < 1.29 is 4.74 Å². The predicted molar refractivity (Wildman–Crippen MR) is 88.0 cm³/mol. The van der Waals surface area contributed by atoms with Crippen molar-refractivity contribution in [1.29, 1.82) is 0 Å². The minimum absolute atomic E-state index is 0.587. The zero-order chi connectivity index (χ0) is 14.5. The zero-order valence-electron chi connectivity index (χ0n) is 12.0. The molecule has 110 valence electrons. The van der Waals surface area contributed by atoms with Crippen LogP contribution < -0.4 is 10.1 Å². The Kier molecular flexibility index (Phi) is 4.79. The summed E-state index contributed by atoms with van der Waals surface area (Å²) in [4.78, 5) is 0. The average Bonchev–Trinajstić information content (AvgIpc) is 2.55. The van der Waals surface area contributed by atoms with E-state index in [-0.39, 0.29) is 0 Å². The normalized spacial score (nSPS) is 18.4. The Hall–Kier alpha value is -1.51. The molecule has 1 aliphatic rings. The van der Waals surface area contributed by atoms with Crippen molar-refractivity contribution in [2.75, 3.05) is 19.7 Å². The lowest BCUT2D eigenvalue weighted by Gasteiger charge is -2.23. The highest BCUT2D eigenvalue weighted by Crippen LogP contribution is 2.30. The van der Waals surface area contributed by atoms with E-state index < -0.39 is 0 Å². The van der Waals surface area contributed by atoms with E-state index in [0.717, 1.165) is 31.0 Å². The van der Waals surface area contributed by atoms with Gasteiger partial charge >= 0.3 is 0 Å². The molecule has 1 aliphatic heterocycles. The predicted octanol–water partition coefficient (Wildman–Crippen LogP) is 4.39. The van der Waals surface area contributed by atoms with Gasteiger partial charge in [0.2, 0.25) is 0 Å². The van der Waals surface area contributed by atoms with Crippen LogP contribution in [0, 0.1) is 5.92 Å². The number of rotatable bonds is 4. The van der Waals surface area contributed by atoms with Gasteiger partial charge in [-0.15, -0.1) is 0 Å². The summed E-state index contributed by atoms with van der Waals surface area (Å²) in [5.41, 5.74) is 2.29. The molecule has 1 saturated heterocycles. The van der Waals surface area contributed by atoms with Crippen molar-refractivity contribution in [3.05, 3.63) is 53.6 Å². The van der Waals surface area contributed by atoms with Crippen molar-refractivity contribution in [2.45, 2.75) is 12.8 Å². The van der Waals surface area contributed by atoms with Gasteiger partial charge < -0.3 is 10.1 Å². The van der Waals surface area contributed by atoms with Crippen molar-refractivity contribution in [1.82, 2.24) is 5.32 Å². The average molecular weight is 302 g/mol. The van der Waals surface area contributed by atoms with Gasteiger partial charge in [0.25, 0.3) is 0 Å². The van der Waals surface area contributed by atoms with Gasteiger partial charge in [0, 0.05) is 12.5 Å². The Morgan fingerprint density at radius 3 is 2.67 bits per heavy atom. The van der Waals surface area contributed by atoms with Gasteiger partial charge in [-0.3, -0.25) is 0 Å². The molecule has 0 spiro atoms. The Labute approximate surface area is 131 Å². The van der Waals surface area contributed by atoms with E-state index in [1.807, 2.05) is 30.3 Å². The van der Waals surface area contributed by atoms with Gasteiger partial charge in [0.15, 0.2) is 0 Å². The molecule has 2 aromatic carbocycles. The lowest BCUT2D eigenvalue weighted by molar-refractivity contribution is 0.218. The third kappa shape index (κ3) is 3.78. The van der Waals surface area contributed by atoms with Gasteiger partial charge in [0.05, 0.1) is 11.6 Å². The summed E-state index contributed by atoms with van der Waals surface area (Å²) in [6, 6.07) is 16.3. The fourth-order valence-electron chi connectivity index (χ4n) is 2.70. The topological polar surface area (TPSA) is 21.3 Å². The first-order valence-corrected chi connectivity index (χ1v) is 7.89. The summed E-state index contributed by atoms with van der Waals surface area (Å²) in [7, 11) is 0. The maximum Gasteiger partial charge on any atom is 0.137 e. The molecule has 1 fully saturated rings. The van der Waals surface area contributed by atoms with Gasteiger partial charge in [-0.2, -0.15) is 0 Å². The van der Waals surface area contributed by atoms with Crippen molar-refractivity contribution in [3.8, 4) is 16.9 Å². The number of nitrogens with one attached hydrogen (secondary N) is 1. The number of halogens is 1. The van der Waals surface area contributed by atoms with E-state index >= 15 is 0 Å². The summed E-state index contributed by atoms with van der Waals surface area (Å²) >= 11 is 6.36. The van der Waals surface area contributed by atoms with E-state index in [4.69, 9.17) is 16.3 Å². The molecule has 0 amide bonds. The van der Waals surface area contributed by atoms with Crippen LogP contribution in [0.25, 0.3) is 11.1 Å². The molecule has 3 rings (SSSR count). The Morgan fingerprint density at radius 1 is 1.10 bits per heavy atom. The highest BCUT2D eigenvalue weighted by atomic mass is 35.5. The smallest absolute Gasteiger partial charge is 0.137 e. The van der Waals surface area contributed by atoms with Gasteiger partial charge in [-0.1, -0.05) is 48.0 Å². The second-order valence-electron chi connectivity index (χ2n) is 5.53. The number of piperidine rings is 1. The molecule has 0 saturated carbocycles. The van der Waals surface area contributed by atoms with E-state index in [9.17, 15) is 0 Å². The van der Waals surface area contributed by atoms with Crippen LogP contribution in [0.1, 0.15) is 12.8 Å². The molecule has 0 radical (unpaired) electrons. The van der Waals surface area contributed by atoms with Crippen LogP contribution in [0.3, 0.4) is 0 Å². The van der Waals surface area contributed by atoms with Crippen molar-refractivity contribution in [2.24, 2.45) is 5.92 Å². The molecule has 1 N–H and O–H groups in total. The first-order valence-electron chi connectivity index (χ1n) is 7.51. The first kappa shape index (κ1) is 14.4. The standard InChI is InChI=1S/C18H20ClNO/c19-17-11-16(15-6-2-1-3-7-15)8-9-18(17)21-13-14-5-4-10-20-12-14/h1-3,6-9,11,14,20H,4-5,10,12-13H2/t14-/m0/s1. The van der Waals surface area contributed by atoms with Crippen LogP contribution in [-0.4, -0.2) is 19.7 Å². The van der Waals surface area contributed by atoms with Crippen LogP contribution >= 0.6 is 11.6 Å². The molecular formula is C18H20ClNO. The highest BCUT2D eigenvalue weighted by Gasteiger charge is 2.14. The largest absolute Gasteiger partial charge is 0.492 e. The number of hydrogen-bond donors (Lipinski definition) is 1.